The predicted octanol–water partition coefficient (Wildman–Crippen LogP) is 1.30. The summed E-state index contributed by atoms with van der Waals surface area (Å²) in [4.78, 5) is 33.0. The Kier molecular flexibility index (Phi) is 7.08. The van der Waals surface area contributed by atoms with Gasteiger partial charge in [-0.15, -0.1) is 0 Å². The lowest BCUT2D eigenvalue weighted by atomic mass is 10.0. The number of alkyl halides is 2. The van der Waals surface area contributed by atoms with E-state index in [9.17, 15) is 14.4 Å². The molecule has 0 aliphatic carbocycles. The summed E-state index contributed by atoms with van der Waals surface area (Å²) < 4.78 is 20.9. The molecule has 1 fully saturated rings. The van der Waals surface area contributed by atoms with Crippen LogP contribution in [0.5, 0.6) is 0 Å². The zero-order valence-corrected chi connectivity index (χ0v) is 14.9. The molecule has 1 aliphatic heterocycles. The first kappa shape index (κ1) is 18.4. The lowest BCUT2D eigenvalue weighted by Crippen LogP contribution is -2.58. The number of hydrogen-bond acceptors (Lipinski definition) is 7. The first-order chi connectivity index (χ1) is 9.72. The molecule has 120 valence electrons. The predicted molar refractivity (Wildman–Crippen MR) is 78.0 cm³/mol. The van der Waals surface area contributed by atoms with Crippen LogP contribution in [0.4, 0.5) is 0 Å². The monoisotopic (exact) mass is 430 g/mol. The fourth-order valence-electron chi connectivity index (χ4n) is 1.85. The van der Waals surface area contributed by atoms with Crippen LogP contribution in [0, 0.1) is 0 Å². The molecule has 5 atom stereocenters. The number of esters is 3. The normalized spacial score (nSPS) is 32.1. The number of rotatable bonds is 4. The molecule has 0 aromatic carbocycles. The number of ether oxygens (including phenoxy) is 4. The maximum atomic E-state index is 11.3. The van der Waals surface area contributed by atoms with E-state index in [0.29, 0.717) is 0 Å². The largest absolute Gasteiger partial charge is 0.463 e. The lowest BCUT2D eigenvalue weighted by molar-refractivity contribution is -0.201. The van der Waals surface area contributed by atoms with Crippen LogP contribution in [0.15, 0.2) is 0 Å². The highest BCUT2D eigenvalue weighted by Crippen LogP contribution is 2.33. The van der Waals surface area contributed by atoms with Gasteiger partial charge >= 0.3 is 17.9 Å². The summed E-state index contributed by atoms with van der Waals surface area (Å²) in [6.45, 7) is 3.63. The van der Waals surface area contributed by atoms with Crippen LogP contribution >= 0.6 is 31.9 Å². The SMILES string of the molecule is CC(=O)OC[C@H]1O[C@H](Br)[C@H](Br)[C@@H](OC(C)=O)[C@@H]1OC(C)=O. The van der Waals surface area contributed by atoms with Gasteiger partial charge in [-0.2, -0.15) is 0 Å². The van der Waals surface area contributed by atoms with E-state index >= 15 is 0 Å². The average molecular weight is 432 g/mol. The van der Waals surface area contributed by atoms with Crippen LogP contribution in [-0.2, 0) is 33.3 Å². The van der Waals surface area contributed by atoms with E-state index in [2.05, 4.69) is 31.9 Å². The van der Waals surface area contributed by atoms with Gasteiger partial charge in [-0.05, 0) is 0 Å². The van der Waals surface area contributed by atoms with Gasteiger partial charge in [-0.3, -0.25) is 14.4 Å². The highest BCUT2D eigenvalue weighted by molar-refractivity contribution is 9.12. The lowest BCUT2D eigenvalue weighted by Gasteiger charge is -2.41. The van der Waals surface area contributed by atoms with Crippen molar-refractivity contribution in [2.24, 2.45) is 0 Å². The molecule has 1 heterocycles. The minimum atomic E-state index is -0.885. The molecule has 9 heteroatoms. The van der Waals surface area contributed by atoms with Gasteiger partial charge in [-0.1, -0.05) is 31.9 Å². The topological polar surface area (TPSA) is 88.1 Å². The third-order valence-electron chi connectivity index (χ3n) is 2.61. The summed E-state index contributed by atoms with van der Waals surface area (Å²) in [5, 5.41) is -0.505. The molecule has 1 aliphatic rings. The quantitative estimate of drug-likeness (QED) is 0.376. The van der Waals surface area contributed by atoms with Crippen molar-refractivity contribution in [3.05, 3.63) is 0 Å². The van der Waals surface area contributed by atoms with Crippen LogP contribution in [0.1, 0.15) is 20.8 Å². The molecule has 0 radical (unpaired) electrons. The number of hydrogen-bond donors (Lipinski definition) is 0. The molecule has 7 nitrogen and oxygen atoms in total. The average Bonchev–Trinajstić information content (AvgIpc) is 2.35. The van der Waals surface area contributed by atoms with Crippen molar-refractivity contribution in [3.63, 3.8) is 0 Å². The zero-order valence-electron chi connectivity index (χ0n) is 11.7. The van der Waals surface area contributed by atoms with Gasteiger partial charge in [0, 0.05) is 20.8 Å². The highest BCUT2D eigenvalue weighted by Gasteiger charge is 2.48. The molecular formula is C12H16Br2O7. The second-order valence-corrected chi connectivity index (χ2v) is 6.38. The van der Waals surface area contributed by atoms with Crippen LogP contribution < -0.4 is 0 Å². The Morgan fingerprint density at radius 2 is 1.48 bits per heavy atom. The van der Waals surface area contributed by atoms with Gasteiger partial charge in [-0.25, -0.2) is 0 Å². The molecule has 0 saturated carbocycles. The minimum Gasteiger partial charge on any atom is -0.463 e. The fraction of sp³-hybridized carbons (Fsp3) is 0.750. The van der Waals surface area contributed by atoms with Crippen LogP contribution in [0.25, 0.3) is 0 Å². The van der Waals surface area contributed by atoms with Crippen LogP contribution in [-0.4, -0.2) is 52.7 Å². The molecule has 0 bridgehead atoms. The van der Waals surface area contributed by atoms with Crippen molar-refractivity contribution in [3.8, 4) is 0 Å². The third kappa shape index (κ3) is 5.55. The number of halogens is 2. The zero-order chi connectivity index (χ0) is 16.2. The molecule has 0 N–H and O–H groups in total. The molecule has 0 unspecified atom stereocenters. The van der Waals surface area contributed by atoms with E-state index in [4.69, 9.17) is 18.9 Å². The van der Waals surface area contributed by atoms with Gasteiger partial charge in [0.1, 0.15) is 17.7 Å². The maximum absolute atomic E-state index is 11.3. The summed E-state index contributed by atoms with van der Waals surface area (Å²) in [6, 6.07) is 0. The van der Waals surface area contributed by atoms with Crippen molar-refractivity contribution in [1.29, 1.82) is 0 Å². The van der Waals surface area contributed by atoms with Crippen molar-refractivity contribution in [1.82, 2.24) is 0 Å². The minimum absolute atomic E-state index is 0.118. The highest BCUT2D eigenvalue weighted by atomic mass is 79.9. The Balaban J connectivity index is 2.94. The molecular weight excluding hydrogens is 416 g/mol. The van der Waals surface area contributed by atoms with Crippen molar-refractivity contribution >= 4 is 49.8 Å². The molecule has 0 aromatic rings. The van der Waals surface area contributed by atoms with E-state index < -0.39 is 46.1 Å². The van der Waals surface area contributed by atoms with Gasteiger partial charge < -0.3 is 18.9 Å². The van der Waals surface area contributed by atoms with Crippen LogP contribution in [0.2, 0.25) is 0 Å². The summed E-state index contributed by atoms with van der Waals surface area (Å²) >= 11 is 6.62. The number of carbonyl (C=O) groups is 3. The molecule has 0 spiro atoms. The molecule has 0 aromatic heterocycles. The molecule has 21 heavy (non-hydrogen) atoms. The van der Waals surface area contributed by atoms with E-state index in [-0.39, 0.29) is 6.61 Å². The Morgan fingerprint density at radius 1 is 0.952 bits per heavy atom. The Labute approximate surface area is 138 Å². The first-order valence-corrected chi connectivity index (χ1v) is 7.97. The third-order valence-corrected chi connectivity index (χ3v) is 5.11. The summed E-state index contributed by atoms with van der Waals surface area (Å²) in [5.41, 5.74) is 0. The maximum Gasteiger partial charge on any atom is 0.303 e. The number of carbonyl (C=O) groups excluding carboxylic acids is 3. The van der Waals surface area contributed by atoms with Crippen molar-refractivity contribution in [2.75, 3.05) is 6.61 Å². The first-order valence-electron chi connectivity index (χ1n) is 6.13. The summed E-state index contributed by atoms with van der Waals surface area (Å²) in [5.74, 6) is -1.56. The smallest absolute Gasteiger partial charge is 0.303 e. The fourth-order valence-corrected chi connectivity index (χ4v) is 2.96. The Bertz CT molecular complexity index is 414. The summed E-state index contributed by atoms with van der Waals surface area (Å²) in [7, 11) is 0. The van der Waals surface area contributed by atoms with E-state index in [1.165, 1.54) is 20.8 Å². The van der Waals surface area contributed by atoms with Gasteiger partial charge in [0.2, 0.25) is 0 Å². The van der Waals surface area contributed by atoms with Gasteiger partial charge in [0.05, 0.1) is 4.83 Å². The standard InChI is InChI=1S/C12H16Br2O7/c1-5(15)18-4-8-10(19-6(2)16)11(20-7(3)17)9(13)12(14)21-8/h8-12H,4H2,1-3H3/t8-,9-,10-,11-,12+/m1/s1. The molecule has 0 amide bonds. The van der Waals surface area contributed by atoms with E-state index in [1.807, 2.05) is 0 Å². The second-order valence-electron chi connectivity index (χ2n) is 4.42. The Morgan fingerprint density at radius 3 is 1.95 bits per heavy atom. The van der Waals surface area contributed by atoms with E-state index in [1.54, 1.807) is 0 Å². The molecule has 1 saturated heterocycles. The van der Waals surface area contributed by atoms with E-state index in [0.717, 1.165) is 0 Å². The Hall–Kier alpha value is -0.670. The van der Waals surface area contributed by atoms with Gasteiger partial charge in [0.25, 0.3) is 0 Å². The van der Waals surface area contributed by atoms with Crippen molar-refractivity contribution < 1.29 is 33.3 Å². The summed E-state index contributed by atoms with van der Waals surface area (Å²) in [6.07, 6.45) is -2.41. The van der Waals surface area contributed by atoms with Crippen LogP contribution in [0.3, 0.4) is 0 Å². The second kappa shape index (κ2) is 8.09. The van der Waals surface area contributed by atoms with Gasteiger partial charge in [0.15, 0.2) is 12.2 Å². The molecule has 1 rings (SSSR count). The van der Waals surface area contributed by atoms with Crippen molar-refractivity contribution in [2.45, 2.75) is 48.9 Å².